The third kappa shape index (κ3) is 5.67. The minimum atomic E-state index is -0.0928. The van der Waals surface area contributed by atoms with Gasteiger partial charge in [0.25, 0.3) is 0 Å². The first-order chi connectivity index (χ1) is 13.1. The summed E-state index contributed by atoms with van der Waals surface area (Å²) in [6.07, 6.45) is 2.21. The molecule has 0 atom stereocenters. The highest BCUT2D eigenvalue weighted by Gasteiger charge is 2.29. The van der Waals surface area contributed by atoms with Crippen LogP contribution in [0.1, 0.15) is 43.7 Å². The lowest BCUT2D eigenvalue weighted by Crippen LogP contribution is -2.39. The molecule has 1 saturated heterocycles. The van der Waals surface area contributed by atoms with Crippen LogP contribution in [-0.2, 0) is 9.53 Å². The number of rotatable bonds is 7. The van der Waals surface area contributed by atoms with Gasteiger partial charge in [0, 0.05) is 5.92 Å². The fraction of sp³-hybridized carbons (Fsp3) is 0.458. The van der Waals surface area contributed by atoms with Crippen LogP contribution in [0.2, 0.25) is 0 Å². The smallest absolute Gasteiger partial charge is 0.320 e. The van der Waals surface area contributed by atoms with Gasteiger partial charge in [-0.3, -0.25) is 9.69 Å². The molecule has 0 spiro atoms. The number of carbonyl (C=O) groups is 1. The second kappa shape index (κ2) is 9.70. The van der Waals surface area contributed by atoms with Gasteiger partial charge in [-0.25, -0.2) is 0 Å². The number of piperidine rings is 1. The van der Waals surface area contributed by atoms with E-state index in [-0.39, 0.29) is 5.97 Å². The summed E-state index contributed by atoms with van der Waals surface area (Å²) in [7, 11) is 0. The van der Waals surface area contributed by atoms with Crippen LogP contribution in [-0.4, -0.2) is 37.1 Å². The van der Waals surface area contributed by atoms with Crippen molar-refractivity contribution < 1.29 is 9.53 Å². The number of nitrogens with zero attached hydrogens (tertiary/aromatic N) is 1. The zero-order valence-electron chi connectivity index (χ0n) is 16.5. The van der Waals surface area contributed by atoms with Crippen molar-refractivity contribution in [3.05, 3.63) is 71.8 Å². The highest BCUT2D eigenvalue weighted by Crippen LogP contribution is 2.37. The maximum atomic E-state index is 12.0. The molecule has 1 heterocycles. The van der Waals surface area contributed by atoms with Crippen LogP contribution in [0.15, 0.2) is 60.7 Å². The summed E-state index contributed by atoms with van der Waals surface area (Å²) < 4.78 is 5.34. The summed E-state index contributed by atoms with van der Waals surface area (Å²) in [6.45, 7) is 6.97. The van der Waals surface area contributed by atoms with E-state index in [4.69, 9.17) is 4.74 Å². The molecule has 0 radical (unpaired) electrons. The molecule has 27 heavy (non-hydrogen) atoms. The second-order valence-corrected chi connectivity index (χ2v) is 7.99. The Morgan fingerprint density at radius 2 is 1.48 bits per heavy atom. The molecule has 1 aliphatic rings. The Kier molecular flexibility index (Phi) is 7.05. The molecule has 0 N–H and O–H groups in total. The Hall–Kier alpha value is -2.13. The summed E-state index contributed by atoms with van der Waals surface area (Å²) in [5, 5.41) is 0. The molecule has 3 heteroatoms. The van der Waals surface area contributed by atoms with Gasteiger partial charge < -0.3 is 4.74 Å². The topological polar surface area (TPSA) is 29.5 Å². The van der Waals surface area contributed by atoms with E-state index in [2.05, 4.69) is 79.4 Å². The van der Waals surface area contributed by atoms with Crippen LogP contribution < -0.4 is 0 Å². The van der Waals surface area contributed by atoms with E-state index in [0.29, 0.717) is 30.9 Å². The van der Waals surface area contributed by atoms with Gasteiger partial charge in [0.2, 0.25) is 0 Å². The van der Waals surface area contributed by atoms with Gasteiger partial charge in [0.1, 0.15) is 0 Å². The van der Waals surface area contributed by atoms with Crippen LogP contribution in [0, 0.1) is 11.8 Å². The van der Waals surface area contributed by atoms with Crippen LogP contribution in [0.3, 0.4) is 0 Å². The number of benzene rings is 2. The fourth-order valence-electron chi connectivity index (χ4n) is 3.99. The predicted molar refractivity (Wildman–Crippen MR) is 110 cm³/mol. The minimum absolute atomic E-state index is 0.0928. The Balaban J connectivity index is 1.63. The SMILES string of the molecule is CC(C)COC(=O)CN1CCC(C(c2ccccc2)c2ccccc2)CC1. The predicted octanol–water partition coefficient (Wildman–Crippen LogP) is 4.73. The number of likely N-dealkylation sites (tertiary alicyclic amines) is 1. The first kappa shape index (κ1) is 19.6. The molecule has 1 aliphatic heterocycles. The molecule has 0 aromatic heterocycles. The van der Waals surface area contributed by atoms with Crippen LogP contribution >= 0.6 is 0 Å². The van der Waals surface area contributed by atoms with Gasteiger partial charge in [-0.2, -0.15) is 0 Å². The molecule has 0 saturated carbocycles. The van der Waals surface area contributed by atoms with E-state index >= 15 is 0 Å². The lowest BCUT2D eigenvalue weighted by molar-refractivity contribution is -0.146. The monoisotopic (exact) mass is 365 g/mol. The molecule has 0 aliphatic carbocycles. The minimum Gasteiger partial charge on any atom is -0.464 e. The van der Waals surface area contributed by atoms with Gasteiger partial charge in [-0.1, -0.05) is 74.5 Å². The largest absolute Gasteiger partial charge is 0.464 e. The number of esters is 1. The maximum absolute atomic E-state index is 12.0. The van der Waals surface area contributed by atoms with Crippen molar-refractivity contribution in [1.29, 1.82) is 0 Å². The highest BCUT2D eigenvalue weighted by atomic mass is 16.5. The third-order valence-corrected chi connectivity index (χ3v) is 5.35. The van der Waals surface area contributed by atoms with E-state index in [1.54, 1.807) is 0 Å². The van der Waals surface area contributed by atoms with Crippen LogP contribution in [0.4, 0.5) is 0 Å². The van der Waals surface area contributed by atoms with E-state index in [9.17, 15) is 4.79 Å². The van der Waals surface area contributed by atoms with Crippen molar-refractivity contribution in [2.45, 2.75) is 32.6 Å². The van der Waals surface area contributed by atoms with Gasteiger partial charge in [0.15, 0.2) is 0 Å². The van der Waals surface area contributed by atoms with Crippen molar-refractivity contribution in [2.75, 3.05) is 26.2 Å². The second-order valence-electron chi connectivity index (χ2n) is 7.99. The Bertz CT molecular complexity index is 651. The Labute approximate surface area is 163 Å². The molecular formula is C24H31NO2. The fourth-order valence-corrected chi connectivity index (χ4v) is 3.99. The van der Waals surface area contributed by atoms with Crippen molar-refractivity contribution in [3.8, 4) is 0 Å². The average Bonchev–Trinajstić information content (AvgIpc) is 2.70. The molecule has 0 bridgehead atoms. The molecule has 3 nitrogen and oxygen atoms in total. The van der Waals surface area contributed by atoms with Gasteiger partial charge in [-0.15, -0.1) is 0 Å². The van der Waals surface area contributed by atoms with Crippen molar-refractivity contribution in [2.24, 2.45) is 11.8 Å². The first-order valence-electron chi connectivity index (χ1n) is 10.1. The van der Waals surface area contributed by atoms with Gasteiger partial charge in [0.05, 0.1) is 13.2 Å². The van der Waals surface area contributed by atoms with Crippen LogP contribution in [0.5, 0.6) is 0 Å². The molecule has 2 aromatic rings. The summed E-state index contributed by atoms with van der Waals surface area (Å²) in [5.74, 6) is 1.31. The van der Waals surface area contributed by atoms with E-state index in [0.717, 1.165) is 25.9 Å². The lowest BCUT2D eigenvalue weighted by Gasteiger charge is -2.36. The quantitative estimate of drug-likeness (QED) is 0.664. The zero-order chi connectivity index (χ0) is 19.1. The van der Waals surface area contributed by atoms with Gasteiger partial charge >= 0.3 is 5.97 Å². The van der Waals surface area contributed by atoms with Crippen molar-refractivity contribution >= 4 is 5.97 Å². The highest BCUT2D eigenvalue weighted by molar-refractivity contribution is 5.71. The van der Waals surface area contributed by atoms with Crippen LogP contribution in [0.25, 0.3) is 0 Å². The standard InChI is InChI=1S/C24H31NO2/c1-19(2)18-27-23(26)17-25-15-13-22(14-16-25)24(20-9-5-3-6-10-20)21-11-7-4-8-12-21/h3-12,19,22,24H,13-18H2,1-2H3. The molecule has 0 amide bonds. The summed E-state index contributed by atoms with van der Waals surface area (Å²) in [6, 6.07) is 21.7. The van der Waals surface area contributed by atoms with Crippen molar-refractivity contribution in [1.82, 2.24) is 4.90 Å². The normalized spacial score (nSPS) is 16.0. The number of ether oxygens (including phenoxy) is 1. The molecule has 144 valence electrons. The van der Waals surface area contributed by atoms with E-state index in [1.807, 2.05) is 0 Å². The Morgan fingerprint density at radius 1 is 0.963 bits per heavy atom. The third-order valence-electron chi connectivity index (χ3n) is 5.35. The summed E-state index contributed by atoms with van der Waals surface area (Å²) >= 11 is 0. The zero-order valence-corrected chi connectivity index (χ0v) is 16.5. The number of hydrogen-bond acceptors (Lipinski definition) is 3. The summed E-state index contributed by atoms with van der Waals surface area (Å²) in [5.41, 5.74) is 2.77. The molecule has 3 rings (SSSR count). The maximum Gasteiger partial charge on any atom is 0.320 e. The average molecular weight is 366 g/mol. The summed E-state index contributed by atoms with van der Waals surface area (Å²) in [4.78, 5) is 14.3. The van der Waals surface area contributed by atoms with Gasteiger partial charge in [-0.05, 0) is 48.9 Å². The lowest BCUT2D eigenvalue weighted by atomic mass is 9.76. The first-order valence-corrected chi connectivity index (χ1v) is 10.1. The van der Waals surface area contributed by atoms with E-state index in [1.165, 1.54) is 11.1 Å². The number of hydrogen-bond donors (Lipinski definition) is 0. The Morgan fingerprint density at radius 3 is 1.96 bits per heavy atom. The number of carbonyl (C=O) groups excluding carboxylic acids is 1. The van der Waals surface area contributed by atoms with Crippen molar-refractivity contribution in [3.63, 3.8) is 0 Å². The molecule has 0 unspecified atom stereocenters. The van der Waals surface area contributed by atoms with E-state index < -0.39 is 0 Å². The molecule has 2 aromatic carbocycles. The molecular weight excluding hydrogens is 334 g/mol. The molecule has 1 fully saturated rings.